The zero-order valence-electron chi connectivity index (χ0n) is 20.7. The van der Waals surface area contributed by atoms with E-state index in [1.807, 2.05) is 84.2 Å². The number of carbonyl (C=O) groups excluding carboxylic acids is 1. The maximum Gasteiger partial charge on any atom is 0.277 e. The van der Waals surface area contributed by atoms with Crippen molar-refractivity contribution in [3.05, 3.63) is 102 Å². The van der Waals surface area contributed by atoms with Gasteiger partial charge < -0.3 is 14.2 Å². The number of carbonyl (C=O) groups is 1. The van der Waals surface area contributed by atoms with E-state index in [2.05, 4.69) is 29.2 Å². The first-order valence-electron chi connectivity index (χ1n) is 11.9. The molecule has 0 aliphatic carbocycles. The van der Waals surface area contributed by atoms with E-state index in [4.69, 9.17) is 14.2 Å². The lowest BCUT2D eigenvalue weighted by atomic mass is 10.1. The summed E-state index contributed by atoms with van der Waals surface area (Å²) < 4.78 is 17.8. The van der Waals surface area contributed by atoms with Crippen LogP contribution in [0.5, 0.6) is 17.2 Å². The molecule has 8 heteroatoms. The molecule has 3 aromatic carbocycles. The van der Waals surface area contributed by atoms with Crippen molar-refractivity contribution in [2.24, 2.45) is 5.10 Å². The summed E-state index contributed by atoms with van der Waals surface area (Å²) in [6.07, 6.45) is 3.97. The van der Waals surface area contributed by atoms with Crippen LogP contribution in [0, 0.1) is 0 Å². The molecule has 0 unspecified atom stereocenters. The van der Waals surface area contributed by atoms with Crippen LogP contribution < -0.4 is 19.6 Å². The number of amides is 1. The Bertz CT molecular complexity index is 1210. The van der Waals surface area contributed by atoms with Crippen LogP contribution in [0.25, 0.3) is 0 Å². The monoisotopic (exact) mass is 534 g/mol. The zero-order chi connectivity index (χ0) is 25.9. The summed E-state index contributed by atoms with van der Waals surface area (Å²) in [6, 6.07) is 21.6. The number of rotatable bonds is 12. The van der Waals surface area contributed by atoms with E-state index in [1.165, 1.54) is 17.1 Å². The molecule has 0 bridgehead atoms. The predicted molar refractivity (Wildman–Crippen MR) is 153 cm³/mol. The summed E-state index contributed by atoms with van der Waals surface area (Å²) in [6.45, 7) is 4.15. The van der Waals surface area contributed by atoms with Crippen LogP contribution in [0.3, 0.4) is 0 Å². The highest BCUT2D eigenvalue weighted by Crippen LogP contribution is 2.45. The average Bonchev–Trinajstić information content (AvgIpc) is 3.47. The summed E-state index contributed by atoms with van der Waals surface area (Å²) in [5.74, 6) is 3.93. The highest BCUT2D eigenvalue weighted by atomic mass is 32.2. The Morgan fingerprint density at radius 3 is 2.54 bits per heavy atom. The highest BCUT2D eigenvalue weighted by molar-refractivity contribution is 8.19. The second kappa shape index (κ2) is 13.8. The molecule has 1 fully saturated rings. The van der Waals surface area contributed by atoms with Gasteiger partial charge in [0.1, 0.15) is 12.4 Å². The minimum Gasteiger partial charge on any atom is -0.493 e. The van der Waals surface area contributed by atoms with Crippen LogP contribution in [0.1, 0.15) is 26.8 Å². The van der Waals surface area contributed by atoms with Crippen LogP contribution in [0.15, 0.2) is 84.5 Å². The Labute approximate surface area is 226 Å². The van der Waals surface area contributed by atoms with Crippen LogP contribution in [-0.2, 0) is 17.8 Å². The van der Waals surface area contributed by atoms with Crippen LogP contribution in [0.4, 0.5) is 0 Å². The van der Waals surface area contributed by atoms with E-state index in [0.29, 0.717) is 34.9 Å². The summed E-state index contributed by atoms with van der Waals surface area (Å²) >= 11 is 3.91. The SMILES string of the molecule is C=CCc1cc(/C=N\NC(=O)COc2ccc(C3SCCS3)cc2)cc(OC)c1OCc1ccccc1. The lowest BCUT2D eigenvalue weighted by Gasteiger charge is -2.16. The van der Waals surface area contributed by atoms with E-state index in [9.17, 15) is 4.79 Å². The van der Waals surface area contributed by atoms with Gasteiger partial charge in [-0.2, -0.15) is 5.10 Å². The Morgan fingerprint density at radius 2 is 1.84 bits per heavy atom. The van der Waals surface area contributed by atoms with E-state index < -0.39 is 0 Å². The number of thioether (sulfide) groups is 2. The molecule has 0 saturated carbocycles. The van der Waals surface area contributed by atoms with Gasteiger partial charge in [-0.05, 0) is 47.4 Å². The molecule has 4 rings (SSSR count). The summed E-state index contributed by atoms with van der Waals surface area (Å²) in [4.78, 5) is 12.2. The van der Waals surface area contributed by atoms with Gasteiger partial charge in [-0.3, -0.25) is 4.79 Å². The number of methoxy groups -OCH3 is 1. The number of nitrogens with one attached hydrogen (secondary N) is 1. The van der Waals surface area contributed by atoms with Gasteiger partial charge in [0.25, 0.3) is 5.91 Å². The maximum atomic E-state index is 12.2. The fraction of sp³-hybridized carbons (Fsp3) is 0.241. The standard InChI is InChI=1S/C29H30N2O4S2/c1-3-7-24-16-22(17-26(33-2)28(24)35-19-21-8-5-4-6-9-21)18-30-31-27(32)20-34-25-12-10-23(11-13-25)29-36-14-15-37-29/h3-6,8-13,16-18,29H,1,7,14-15,19-20H2,2H3,(H,31,32)/b30-18-. The molecule has 1 aliphatic heterocycles. The molecule has 192 valence electrons. The van der Waals surface area contributed by atoms with E-state index in [-0.39, 0.29) is 12.5 Å². The molecule has 1 N–H and O–H groups in total. The normalized spacial score (nSPS) is 13.4. The lowest BCUT2D eigenvalue weighted by Crippen LogP contribution is -2.24. The number of hydrogen-bond acceptors (Lipinski definition) is 7. The van der Waals surface area contributed by atoms with Gasteiger partial charge in [-0.25, -0.2) is 5.43 Å². The number of benzene rings is 3. The van der Waals surface area contributed by atoms with Crippen molar-refractivity contribution < 1.29 is 19.0 Å². The molecule has 37 heavy (non-hydrogen) atoms. The minimum atomic E-state index is -0.344. The molecule has 1 saturated heterocycles. The number of allylic oxidation sites excluding steroid dienone is 1. The molecule has 0 atom stereocenters. The maximum absolute atomic E-state index is 12.2. The summed E-state index contributed by atoms with van der Waals surface area (Å²) in [5, 5.41) is 4.09. The van der Waals surface area contributed by atoms with Gasteiger partial charge in [0.15, 0.2) is 18.1 Å². The third-order valence-electron chi connectivity index (χ3n) is 5.51. The Hall–Kier alpha value is -3.36. The quantitative estimate of drug-likeness (QED) is 0.174. The summed E-state index contributed by atoms with van der Waals surface area (Å²) in [7, 11) is 1.60. The Morgan fingerprint density at radius 1 is 1.08 bits per heavy atom. The minimum absolute atomic E-state index is 0.124. The predicted octanol–water partition coefficient (Wildman–Crippen LogP) is 6.01. The van der Waals surface area contributed by atoms with Crippen molar-refractivity contribution in [2.75, 3.05) is 25.2 Å². The fourth-order valence-electron chi connectivity index (χ4n) is 3.74. The molecule has 0 spiro atoms. The van der Waals surface area contributed by atoms with Crippen LogP contribution >= 0.6 is 23.5 Å². The Kier molecular flexibility index (Phi) is 9.97. The molecule has 1 aliphatic rings. The van der Waals surface area contributed by atoms with Gasteiger partial charge in [-0.1, -0.05) is 48.5 Å². The second-order valence-corrected chi connectivity index (χ2v) is 10.9. The number of hydrazone groups is 1. The molecular formula is C29H30N2O4S2. The zero-order valence-corrected chi connectivity index (χ0v) is 22.4. The van der Waals surface area contributed by atoms with Gasteiger partial charge in [0, 0.05) is 17.1 Å². The molecule has 1 heterocycles. The Balaban J connectivity index is 1.33. The third kappa shape index (κ3) is 7.81. The topological polar surface area (TPSA) is 69.2 Å². The van der Waals surface area contributed by atoms with Crippen molar-refractivity contribution in [3.8, 4) is 17.2 Å². The smallest absolute Gasteiger partial charge is 0.277 e. The molecule has 0 aromatic heterocycles. The van der Waals surface area contributed by atoms with Gasteiger partial charge >= 0.3 is 0 Å². The largest absolute Gasteiger partial charge is 0.493 e. The first kappa shape index (κ1) is 26.7. The molecular weight excluding hydrogens is 504 g/mol. The molecule has 6 nitrogen and oxygen atoms in total. The number of nitrogens with zero attached hydrogens (tertiary/aromatic N) is 1. The molecule has 0 radical (unpaired) electrons. The lowest BCUT2D eigenvalue weighted by molar-refractivity contribution is -0.123. The van der Waals surface area contributed by atoms with Crippen molar-refractivity contribution in [2.45, 2.75) is 17.6 Å². The van der Waals surface area contributed by atoms with Crippen molar-refractivity contribution in [1.82, 2.24) is 5.43 Å². The van der Waals surface area contributed by atoms with E-state index >= 15 is 0 Å². The van der Waals surface area contributed by atoms with Crippen LogP contribution in [-0.4, -0.2) is 37.3 Å². The number of hydrogen-bond donors (Lipinski definition) is 1. The fourth-order valence-corrected chi connectivity index (χ4v) is 6.60. The van der Waals surface area contributed by atoms with Gasteiger partial charge in [0.05, 0.1) is 17.9 Å². The average molecular weight is 535 g/mol. The molecule has 1 amide bonds. The van der Waals surface area contributed by atoms with Crippen molar-refractivity contribution in [3.63, 3.8) is 0 Å². The third-order valence-corrected chi connectivity index (χ3v) is 8.62. The van der Waals surface area contributed by atoms with E-state index in [1.54, 1.807) is 13.3 Å². The molecule has 3 aromatic rings. The number of ether oxygens (including phenoxy) is 3. The first-order valence-corrected chi connectivity index (χ1v) is 14.0. The first-order chi connectivity index (χ1) is 18.2. The summed E-state index contributed by atoms with van der Waals surface area (Å²) in [5.41, 5.74) is 6.53. The highest BCUT2D eigenvalue weighted by Gasteiger charge is 2.18. The van der Waals surface area contributed by atoms with E-state index in [0.717, 1.165) is 16.7 Å². The van der Waals surface area contributed by atoms with Gasteiger partial charge in [0.2, 0.25) is 0 Å². The second-order valence-electron chi connectivity index (χ2n) is 8.20. The van der Waals surface area contributed by atoms with Crippen molar-refractivity contribution >= 4 is 35.6 Å². The van der Waals surface area contributed by atoms with Crippen molar-refractivity contribution in [1.29, 1.82) is 0 Å². The van der Waals surface area contributed by atoms with Crippen LogP contribution in [0.2, 0.25) is 0 Å². The van der Waals surface area contributed by atoms with Gasteiger partial charge in [-0.15, -0.1) is 30.1 Å².